The summed E-state index contributed by atoms with van der Waals surface area (Å²) >= 11 is 0. The van der Waals surface area contributed by atoms with Crippen LogP contribution in [0.25, 0.3) is 0 Å². The van der Waals surface area contributed by atoms with E-state index in [1.54, 1.807) is 11.9 Å². The van der Waals surface area contributed by atoms with Crippen molar-refractivity contribution in [2.45, 2.75) is 6.42 Å². The number of hydrogen-bond acceptors (Lipinski definition) is 5. The van der Waals surface area contributed by atoms with E-state index in [-0.39, 0.29) is 5.69 Å². The van der Waals surface area contributed by atoms with Gasteiger partial charge in [-0.2, -0.15) is 0 Å². The smallest absolute Gasteiger partial charge is 0.271 e. The second-order valence-corrected chi connectivity index (χ2v) is 3.93. The van der Waals surface area contributed by atoms with Crippen LogP contribution in [0.2, 0.25) is 0 Å². The van der Waals surface area contributed by atoms with Gasteiger partial charge >= 0.3 is 0 Å². The van der Waals surface area contributed by atoms with Gasteiger partial charge in [0.15, 0.2) is 5.75 Å². The molecule has 0 spiro atoms. The molecule has 1 aromatic carbocycles. The maximum absolute atomic E-state index is 11.1. The highest BCUT2D eigenvalue weighted by Crippen LogP contribution is 2.18. The summed E-state index contributed by atoms with van der Waals surface area (Å²) in [7, 11) is 5.63. The fourth-order valence-electron chi connectivity index (χ4n) is 1.46. The molecule has 0 radical (unpaired) electrons. The van der Waals surface area contributed by atoms with Gasteiger partial charge in [-0.1, -0.05) is 0 Å². The van der Waals surface area contributed by atoms with Crippen molar-refractivity contribution < 1.29 is 5.11 Å². The van der Waals surface area contributed by atoms with E-state index in [9.17, 15) is 14.7 Å². The van der Waals surface area contributed by atoms with Crippen LogP contribution in [0, 0.1) is 0 Å². The summed E-state index contributed by atoms with van der Waals surface area (Å²) < 4.78 is 0. The highest BCUT2D eigenvalue weighted by molar-refractivity contribution is 5.62. The van der Waals surface area contributed by atoms with Crippen LogP contribution in [0.5, 0.6) is 5.75 Å². The lowest BCUT2D eigenvalue weighted by atomic mass is 10.2. The van der Waals surface area contributed by atoms with E-state index in [0.29, 0.717) is 6.54 Å². The SMILES string of the molecule is CN(C)CCCN(C)c1c(O)c(=O)c1=O. The van der Waals surface area contributed by atoms with Crippen LogP contribution >= 0.6 is 0 Å². The van der Waals surface area contributed by atoms with Crippen LogP contribution in [0.1, 0.15) is 6.42 Å². The van der Waals surface area contributed by atoms with E-state index in [2.05, 4.69) is 0 Å². The lowest BCUT2D eigenvalue weighted by Crippen LogP contribution is -2.38. The van der Waals surface area contributed by atoms with Gasteiger partial charge in [-0.05, 0) is 27.1 Å². The third-order valence-electron chi connectivity index (χ3n) is 2.34. The molecule has 0 unspecified atom stereocenters. The van der Waals surface area contributed by atoms with Crippen molar-refractivity contribution in [3.8, 4) is 5.75 Å². The molecule has 1 aromatic rings. The van der Waals surface area contributed by atoms with Gasteiger partial charge in [-0.25, -0.2) is 0 Å². The van der Waals surface area contributed by atoms with Gasteiger partial charge in [0, 0.05) is 13.6 Å². The van der Waals surface area contributed by atoms with E-state index in [1.165, 1.54) is 0 Å². The number of aromatic hydroxyl groups is 1. The Balaban J connectivity index is 2.52. The molecular weight excluding hydrogens is 196 g/mol. The Morgan fingerprint density at radius 1 is 1.07 bits per heavy atom. The van der Waals surface area contributed by atoms with E-state index in [0.717, 1.165) is 13.0 Å². The molecule has 5 heteroatoms. The summed E-state index contributed by atoms with van der Waals surface area (Å²) in [4.78, 5) is 25.5. The number of anilines is 1. The average Bonchev–Trinajstić information content (AvgIpc) is 2.17. The Labute approximate surface area is 88.2 Å². The summed E-state index contributed by atoms with van der Waals surface area (Å²) in [5, 5.41) is 9.18. The Morgan fingerprint density at radius 3 is 2.13 bits per heavy atom. The first-order chi connectivity index (χ1) is 6.95. The molecule has 0 amide bonds. The molecule has 0 aliphatic rings. The molecule has 0 aliphatic heterocycles. The molecule has 0 atom stereocenters. The van der Waals surface area contributed by atoms with Gasteiger partial charge in [0.05, 0.1) is 0 Å². The van der Waals surface area contributed by atoms with Gasteiger partial charge < -0.3 is 14.9 Å². The van der Waals surface area contributed by atoms with Crippen LogP contribution in [0.15, 0.2) is 9.59 Å². The number of rotatable bonds is 5. The van der Waals surface area contributed by atoms with Crippen molar-refractivity contribution >= 4 is 5.69 Å². The van der Waals surface area contributed by atoms with Crippen molar-refractivity contribution in [1.82, 2.24) is 4.90 Å². The highest BCUT2D eigenvalue weighted by Gasteiger charge is 2.22. The lowest BCUT2D eigenvalue weighted by Gasteiger charge is -2.21. The monoisotopic (exact) mass is 212 g/mol. The Hall–Kier alpha value is -1.36. The average molecular weight is 212 g/mol. The first-order valence-electron chi connectivity index (χ1n) is 4.83. The molecule has 1 rings (SSSR count). The number of hydrogen-bond donors (Lipinski definition) is 1. The maximum Gasteiger partial charge on any atom is 0.271 e. The summed E-state index contributed by atoms with van der Waals surface area (Å²) in [6, 6.07) is 0. The fourth-order valence-corrected chi connectivity index (χ4v) is 1.46. The van der Waals surface area contributed by atoms with E-state index in [4.69, 9.17) is 0 Å². The third kappa shape index (κ3) is 2.36. The molecule has 0 aromatic heterocycles. The predicted octanol–water partition coefficient (Wildman–Crippen LogP) is -0.624. The van der Waals surface area contributed by atoms with Gasteiger partial charge in [-0.3, -0.25) is 9.59 Å². The molecule has 0 saturated carbocycles. The zero-order valence-corrected chi connectivity index (χ0v) is 9.28. The minimum absolute atomic E-state index is 0.152. The number of nitrogens with zero attached hydrogens (tertiary/aromatic N) is 2. The molecule has 0 fully saturated rings. The maximum atomic E-state index is 11.1. The summed E-state index contributed by atoms with van der Waals surface area (Å²) in [6.07, 6.45) is 0.877. The van der Waals surface area contributed by atoms with Crippen molar-refractivity contribution in [1.29, 1.82) is 0 Å². The lowest BCUT2D eigenvalue weighted by molar-refractivity contribution is 0.400. The molecule has 0 aliphatic carbocycles. The van der Waals surface area contributed by atoms with Crippen LogP contribution in [-0.2, 0) is 0 Å². The van der Waals surface area contributed by atoms with Crippen LogP contribution in [0.3, 0.4) is 0 Å². The molecule has 0 saturated heterocycles. The quantitative estimate of drug-likeness (QED) is 0.659. The van der Waals surface area contributed by atoms with Crippen molar-refractivity contribution in [2.24, 2.45) is 0 Å². The minimum Gasteiger partial charge on any atom is -0.502 e. The zero-order valence-electron chi connectivity index (χ0n) is 9.28. The Kier molecular flexibility index (Phi) is 3.47. The van der Waals surface area contributed by atoms with Crippen LogP contribution in [-0.4, -0.2) is 44.2 Å². The Morgan fingerprint density at radius 2 is 1.67 bits per heavy atom. The molecule has 5 nitrogen and oxygen atoms in total. The van der Waals surface area contributed by atoms with Gasteiger partial charge in [-0.15, -0.1) is 0 Å². The normalized spacial score (nSPS) is 11.2. The van der Waals surface area contributed by atoms with Crippen molar-refractivity contribution in [3.63, 3.8) is 0 Å². The first-order valence-corrected chi connectivity index (χ1v) is 4.83. The Bertz CT molecular complexity index is 405. The molecule has 15 heavy (non-hydrogen) atoms. The highest BCUT2D eigenvalue weighted by atomic mass is 16.3. The zero-order chi connectivity index (χ0) is 11.6. The summed E-state index contributed by atoms with van der Waals surface area (Å²) in [5.41, 5.74) is -1.21. The molecule has 1 N–H and O–H groups in total. The van der Waals surface area contributed by atoms with E-state index in [1.807, 2.05) is 19.0 Å². The summed E-state index contributed by atoms with van der Waals surface area (Å²) in [5.74, 6) is -0.396. The minimum atomic E-state index is -0.774. The third-order valence-corrected chi connectivity index (χ3v) is 2.34. The second-order valence-electron chi connectivity index (χ2n) is 3.93. The van der Waals surface area contributed by atoms with Crippen molar-refractivity contribution in [2.75, 3.05) is 39.1 Å². The molecule has 0 bridgehead atoms. The fraction of sp³-hybridized carbons (Fsp3) is 0.600. The van der Waals surface area contributed by atoms with Gasteiger partial charge in [0.2, 0.25) is 0 Å². The second kappa shape index (κ2) is 4.44. The standard InChI is InChI=1S/C10H16N2O3/c1-11(2)5-4-6-12(3)7-8(13)10(15)9(7)14/h13H,4-6H2,1-3H3. The van der Waals surface area contributed by atoms with E-state index < -0.39 is 16.6 Å². The van der Waals surface area contributed by atoms with E-state index >= 15 is 0 Å². The summed E-state index contributed by atoms with van der Waals surface area (Å²) in [6.45, 7) is 1.55. The first kappa shape index (κ1) is 11.7. The molecule has 0 heterocycles. The van der Waals surface area contributed by atoms with Crippen LogP contribution < -0.4 is 15.8 Å². The largest absolute Gasteiger partial charge is 0.502 e. The predicted molar refractivity (Wildman–Crippen MR) is 59.5 cm³/mol. The van der Waals surface area contributed by atoms with Crippen molar-refractivity contribution in [3.05, 3.63) is 20.4 Å². The van der Waals surface area contributed by atoms with Gasteiger partial charge in [0.1, 0.15) is 5.69 Å². The molecular formula is C10H16N2O3. The van der Waals surface area contributed by atoms with Crippen LogP contribution in [0.4, 0.5) is 5.69 Å². The molecule has 84 valence electrons. The van der Waals surface area contributed by atoms with Gasteiger partial charge in [0.25, 0.3) is 10.9 Å². The topological polar surface area (TPSA) is 60.9 Å².